The number of benzene rings is 2. The molecule has 0 spiro atoms. The quantitative estimate of drug-likeness (QED) is 0.792. The van der Waals surface area contributed by atoms with Crippen molar-refractivity contribution in [2.24, 2.45) is 5.92 Å². The summed E-state index contributed by atoms with van der Waals surface area (Å²) in [5, 5.41) is 3.25. The van der Waals surface area contributed by atoms with Crippen LogP contribution in [0.1, 0.15) is 12.5 Å². The third-order valence-electron chi connectivity index (χ3n) is 4.98. The molecule has 148 valence electrons. The molecule has 2 heterocycles. The van der Waals surface area contributed by atoms with Gasteiger partial charge in [0.25, 0.3) is 5.90 Å². The largest absolute Gasteiger partial charge is 0.502 e. The first kappa shape index (κ1) is 18.7. The van der Waals surface area contributed by atoms with Crippen LogP contribution in [0.5, 0.6) is 5.75 Å². The van der Waals surface area contributed by atoms with E-state index in [1.165, 1.54) is 11.6 Å². The Bertz CT molecular complexity index is 1030. The Kier molecular flexibility index (Phi) is 4.80. The van der Waals surface area contributed by atoms with E-state index in [1.807, 2.05) is 61.5 Å². The van der Waals surface area contributed by atoms with E-state index in [0.717, 1.165) is 21.9 Å². The number of nitrogens with one attached hydrogen (secondary N) is 1. The van der Waals surface area contributed by atoms with Gasteiger partial charge in [0.1, 0.15) is 5.75 Å². The summed E-state index contributed by atoms with van der Waals surface area (Å²) in [6.45, 7) is 2.50. The summed E-state index contributed by atoms with van der Waals surface area (Å²) in [5.41, 5.74) is 2.32. The summed E-state index contributed by atoms with van der Waals surface area (Å²) in [4.78, 5) is 26.5. The highest BCUT2D eigenvalue weighted by atomic mass is 16.5. The molecule has 2 aliphatic rings. The van der Waals surface area contributed by atoms with Crippen molar-refractivity contribution in [2.45, 2.75) is 6.92 Å². The van der Waals surface area contributed by atoms with Gasteiger partial charge in [-0.05, 0) is 36.8 Å². The van der Waals surface area contributed by atoms with Crippen molar-refractivity contribution < 1.29 is 23.6 Å². The van der Waals surface area contributed by atoms with Crippen LogP contribution in [-0.2, 0) is 9.53 Å². The third kappa shape index (κ3) is 3.24. The fourth-order valence-electron chi connectivity index (χ4n) is 3.51. The Labute approximate surface area is 168 Å². The number of anilines is 1. The SMILES string of the molecule is CCOc1ccc(C2=C(Nc3ccccc3)OC3=[N+](C)C(=O)N(C)C(=O)C23)cc1. The molecule has 3 amide bonds. The molecule has 2 aliphatic heterocycles. The molecule has 0 fully saturated rings. The van der Waals surface area contributed by atoms with Crippen LogP contribution in [0.3, 0.4) is 0 Å². The second-order valence-electron chi connectivity index (χ2n) is 6.80. The average molecular weight is 392 g/mol. The van der Waals surface area contributed by atoms with Gasteiger partial charge < -0.3 is 14.8 Å². The number of hydrogen-bond acceptors (Lipinski definition) is 5. The highest BCUT2D eigenvalue weighted by Gasteiger charge is 2.53. The van der Waals surface area contributed by atoms with E-state index in [2.05, 4.69) is 5.32 Å². The number of urea groups is 1. The van der Waals surface area contributed by atoms with Crippen LogP contribution in [0.4, 0.5) is 10.5 Å². The minimum atomic E-state index is -0.702. The molecule has 0 radical (unpaired) electrons. The van der Waals surface area contributed by atoms with Gasteiger partial charge in [0.05, 0.1) is 20.7 Å². The Balaban J connectivity index is 1.83. The van der Waals surface area contributed by atoms with Crippen molar-refractivity contribution in [3.63, 3.8) is 0 Å². The first-order valence-electron chi connectivity index (χ1n) is 9.40. The minimum Gasteiger partial charge on any atom is -0.494 e. The lowest BCUT2D eigenvalue weighted by Crippen LogP contribution is -2.51. The number of hydrogen-bond donors (Lipinski definition) is 1. The van der Waals surface area contributed by atoms with Crippen LogP contribution >= 0.6 is 0 Å². The van der Waals surface area contributed by atoms with Gasteiger partial charge in [-0.1, -0.05) is 30.3 Å². The van der Waals surface area contributed by atoms with Crippen molar-refractivity contribution in [2.75, 3.05) is 26.0 Å². The van der Waals surface area contributed by atoms with E-state index in [0.29, 0.717) is 24.0 Å². The first-order valence-corrected chi connectivity index (χ1v) is 9.40. The van der Waals surface area contributed by atoms with Gasteiger partial charge in [0.2, 0.25) is 5.88 Å². The Morgan fingerprint density at radius 2 is 1.79 bits per heavy atom. The van der Waals surface area contributed by atoms with E-state index in [4.69, 9.17) is 9.47 Å². The lowest BCUT2D eigenvalue weighted by atomic mass is 9.91. The monoisotopic (exact) mass is 392 g/mol. The molecule has 0 saturated carbocycles. The number of ether oxygens (including phenoxy) is 2. The molecule has 7 nitrogen and oxygen atoms in total. The Morgan fingerprint density at radius 1 is 1.10 bits per heavy atom. The van der Waals surface area contributed by atoms with Crippen LogP contribution in [-0.4, -0.2) is 48.0 Å². The maximum Gasteiger partial charge on any atom is 0.502 e. The van der Waals surface area contributed by atoms with E-state index in [1.54, 1.807) is 7.05 Å². The maximum atomic E-state index is 13.0. The van der Waals surface area contributed by atoms with Crippen molar-refractivity contribution in [3.8, 4) is 5.75 Å². The van der Waals surface area contributed by atoms with Crippen LogP contribution < -0.4 is 10.1 Å². The van der Waals surface area contributed by atoms with E-state index < -0.39 is 11.9 Å². The zero-order valence-corrected chi connectivity index (χ0v) is 16.5. The lowest BCUT2D eigenvalue weighted by molar-refractivity contribution is -0.415. The van der Waals surface area contributed by atoms with Crippen LogP contribution in [0.15, 0.2) is 60.5 Å². The van der Waals surface area contributed by atoms with Gasteiger partial charge in [-0.15, -0.1) is 0 Å². The molecule has 1 atom stereocenters. The van der Waals surface area contributed by atoms with Gasteiger partial charge >= 0.3 is 11.9 Å². The first-order chi connectivity index (χ1) is 14.0. The minimum absolute atomic E-state index is 0.306. The number of carbonyl (C=O) groups excluding carboxylic acids is 2. The van der Waals surface area contributed by atoms with Gasteiger partial charge in [-0.2, -0.15) is 14.3 Å². The van der Waals surface area contributed by atoms with Crippen molar-refractivity contribution in [3.05, 3.63) is 66.0 Å². The van der Waals surface area contributed by atoms with Gasteiger partial charge in [-0.25, -0.2) is 4.79 Å². The molecular weight excluding hydrogens is 370 g/mol. The van der Waals surface area contributed by atoms with Crippen molar-refractivity contribution in [1.29, 1.82) is 0 Å². The number of rotatable bonds is 5. The normalized spacial score (nSPS) is 18.7. The number of imide groups is 1. The van der Waals surface area contributed by atoms with Crippen molar-refractivity contribution >= 4 is 29.1 Å². The molecule has 29 heavy (non-hydrogen) atoms. The summed E-state index contributed by atoms with van der Waals surface area (Å²) < 4.78 is 12.9. The molecule has 2 aromatic carbocycles. The summed E-state index contributed by atoms with van der Waals surface area (Å²) >= 11 is 0. The zero-order valence-electron chi connectivity index (χ0n) is 16.5. The number of fused-ring (bicyclic) bond motifs is 1. The van der Waals surface area contributed by atoms with Gasteiger partial charge in [0, 0.05) is 11.3 Å². The second kappa shape index (κ2) is 7.43. The van der Waals surface area contributed by atoms with E-state index in [9.17, 15) is 9.59 Å². The van der Waals surface area contributed by atoms with Gasteiger partial charge in [-0.3, -0.25) is 0 Å². The van der Waals surface area contributed by atoms with E-state index in [-0.39, 0.29) is 5.91 Å². The topological polar surface area (TPSA) is 70.9 Å². The predicted molar refractivity (Wildman–Crippen MR) is 109 cm³/mol. The Morgan fingerprint density at radius 3 is 2.45 bits per heavy atom. The van der Waals surface area contributed by atoms with Gasteiger partial charge in [0.15, 0.2) is 5.92 Å². The molecule has 0 aromatic heterocycles. The fraction of sp³-hybridized carbons (Fsp3) is 0.227. The lowest BCUT2D eigenvalue weighted by Gasteiger charge is -2.20. The average Bonchev–Trinajstić information content (AvgIpc) is 3.11. The molecule has 0 bridgehead atoms. The third-order valence-corrected chi connectivity index (χ3v) is 4.98. The van der Waals surface area contributed by atoms with Crippen LogP contribution in [0.2, 0.25) is 0 Å². The Hall–Kier alpha value is -3.61. The van der Waals surface area contributed by atoms with E-state index >= 15 is 0 Å². The van der Waals surface area contributed by atoms with Crippen LogP contribution in [0, 0.1) is 5.92 Å². The highest BCUT2D eigenvalue weighted by molar-refractivity contribution is 6.18. The standard InChI is InChI=1S/C22H22N3O4/c1-4-28-16-12-10-14(11-13-16)17-18-20(26)24(2)22(27)25(3)21(18)29-19(17)23-15-8-6-5-7-9-15/h5-13,18,23H,4H2,1-3H3/q+1. The number of amides is 3. The molecule has 7 heteroatoms. The summed E-state index contributed by atoms with van der Waals surface area (Å²) in [5.74, 6) is 0.463. The summed E-state index contributed by atoms with van der Waals surface area (Å²) in [6.07, 6.45) is 0. The smallest absolute Gasteiger partial charge is 0.494 e. The second-order valence-corrected chi connectivity index (χ2v) is 6.80. The zero-order chi connectivity index (χ0) is 20.5. The molecule has 4 rings (SSSR count). The molecule has 1 N–H and O–H groups in total. The molecule has 2 aromatic rings. The number of para-hydroxylation sites is 1. The molecule has 1 unspecified atom stereocenters. The molecule has 0 aliphatic carbocycles. The van der Waals surface area contributed by atoms with Crippen LogP contribution in [0.25, 0.3) is 5.57 Å². The summed E-state index contributed by atoms with van der Waals surface area (Å²) in [6, 6.07) is 16.6. The predicted octanol–water partition coefficient (Wildman–Crippen LogP) is 3.15. The molecular formula is C22H22N3O4+. The number of carbonyl (C=O) groups is 2. The fourth-order valence-corrected chi connectivity index (χ4v) is 3.51. The maximum absolute atomic E-state index is 13.0. The number of nitrogens with zero attached hydrogens (tertiary/aromatic N) is 2. The summed E-state index contributed by atoms with van der Waals surface area (Å²) in [7, 11) is 3.09. The molecule has 0 saturated heterocycles. The van der Waals surface area contributed by atoms with Crippen molar-refractivity contribution in [1.82, 2.24) is 4.90 Å². The highest BCUT2D eigenvalue weighted by Crippen LogP contribution is 2.39.